The zero-order valence-electron chi connectivity index (χ0n) is 47.5. The molecule has 16 heteroatoms. The fourth-order valence-corrected chi connectivity index (χ4v) is 13.9. The van der Waals surface area contributed by atoms with Crippen LogP contribution in [0.3, 0.4) is 0 Å². The number of anilines is 2. The molecule has 2 heterocycles. The molecule has 0 radical (unpaired) electrons. The van der Waals surface area contributed by atoms with Crippen LogP contribution in [0.5, 0.6) is 0 Å². The molecule has 0 fully saturated rings. The van der Waals surface area contributed by atoms with Gasteiger partial charge >= 0.3 is 12.1 Å². The third kappa shape index (κ3) is 10.1. The van der Waals surface area contributed by atoms with Gasteiger partial charge in [-0.25, -0.2) is 9.69 Å². The Labute approximate surface area is 484 Å². The lowest BCUT2D eigenvalue weighted by Crippen LogP contribution is -2.32. The van der Waals surface area contributed by atoms with Crippen LogP contribution in [-0.2, 0) is 62.8 Å². The number of aliphatic carboxylic acids is 1. The van der Waals surface area contributed by atoms with Gasteiger partial charge in [0.15, 0.2) is 0 Å². The first-order valence-electron chi connectivity index (χ1n) is 27.7. The molecule has 0 saturated carbocycles. The number of carboxylic acids is 1. The van der Waals surface area contributed by atoms with Gasteiger partial charge in [0.05, 0.1) is 26.9 Å². The molecule has 14 nitrogen and oxygen atoms in total. The quantitative estimate of drug-likeness (QED) is 0.0798. The van der Waals surface area contributed by atoms with Gasteiger partial charge in [0.25, 0.3) is 20.2 Å². The first-order valence-corrected chi connectivity index (χ1v) is 30.6. The molecule has 11 rings (SSSR count). The number of nitrogens with one attached hydrogen (secondary N) is 1. The molecule has 6 aromatic rings. The predicted octanol–water partition coefficient (Wildman–Crippen LogP) is 14.5. The number of ether oxygens (including phenoxy) is 1. The molecule has 0 bridgehead atoms. The Morgan fingerprint density at radius 3 is 1.82 bits per heavy atom. The average molecular weight is 1150 g/mol. The zero-order valence-corrected chi connectivity index (χ0v) is 49.2. The number of benzene rings is 6. The topological polar surface area (TPSA) is 217 Å². The van der Waals surface area contributed by atoms with Crippen LogP contribution in [0, 0.1) is 0 Å². The van der Waals surface area contributed by atoms with E-state index in [-0.39, 0.29) is 41.6 Å². The molecule has 5 aliphatic rings. The van der Waals surface area contributed by atoms with Gasteiger partial charge in [0.1, 0.15) is 6.61 Å². The van der Waals surface area contributed by atoms with Crippen LogP contribution in [-0.4, -0.2) is 54.7 Å². The minimum Gasteiger partial charge on any atom is -0.481 e. The fraction of sp³-hybridized carbons (Fsp3) is 0.284. The van der Waals surface area contributed by atoms with Crippen LogP contribution in [0.1, 0.15) is 138 Å². The van der Waals surface area contributed by atoms with Crippen molar-refractivity contribution in [2.24, 2.45) is 4.99 Å². The SMILES string of the molecule is CC1(C)C(/C=C/C2=C(c3ccccc3)C(=C/C=C3/N(C(=O)OCc4ccc(NC(=O)CCCC(=O)O)cc4)c4cc5c(cc4C3(C)C)-c3ccc(S(=O)(=O)O)cc3C5(C)C)/CCC2)=Nc2cc3c(cc21)-c1ccc(S(=O)(=O)O)cc1C3(C)C. The van der Waals surface area contributed by atoms with Crippen molar-refractivity contribution in [3.05, 3.63) is 201 Å². The summed E-state index contributed by atoms with van der Waals surface area (Å²) in [7, 11) is -8.88. The van der Waals surface area contributed by atoms with Crippen LogP contribution in [0.2, 0.25) is 0 Å². The third-order valence-corrected chi connectivity index (χ3v) is 19.2. The lowest BCUT2D eigenvalue weighted by molar-refractivity contribution is -0.137. The second-order valence-corrected chi connectivity index (χ2v) is 27.1. The first-order chi connectivity index (χ1) is 39.1. The van der Waals surface area contributed by atoms with Gasteiger partial charge in [-0.15, -0.1) is 0 Å². The van der Waals surface area contributed by atoms with Gasteiger partial charge in [0.2, 0.25) is 5.91 Å². The van der Waals surface area contributed by atoms with Gasteiger partial charge in [-0.1, -0.05) is 122 Å². The Morgan fingerprint density at radius 2 is 1.22 bits per heavy atom. The monoisotopic (exact) mass is 1150 g/mol. The second-order valence-electron chi connectivity index (χ2n) is 24.3. The van der Waals surface area contributed by atoms with Crippen molar-refractivity contribution in [1.29, 1.82) is 0 Å². The molecule has 3 aliphatic carbocycles. The van der Waals surface area contributed by atoms with E-state index in [1.54, 1.807) is 47.4 Å². The molecular weight excluding hydrogens is 1090 g/mol. The Bertz CT molecular complexity index is 4180. The van der Waals surface area contributed by atoms with Crippen molar-refractivity contribution in [3.63, 3.8) is 0 Å². The minimum absolute atomic E-state index is 0.0604. The third-order valence-electron chi connectivity index (χ3n) is 17.5. The number of fused-ring (bicyclic) bond motifs is 8. The molecule has 6 aromatic carbocycles. The molecule has 0 aromatic heterocycles. The molecule has 0 saturated heterocycles. The van der Waals surface area contributed by atoms with Crippen LogP contribution in [0.15, 0.2) is 171 Å². The Morgan fingerprint density at radius 1 is 0.627 bits per heavy atom. The van der Waals surface area contributed by atoms with E-state index in [1.807, 2.05) is 44.2 Å². The van der Waals surface area contributed by atoms with Crippen LogP contribution in [0.25, 0.3) is 27.8 Å². The van der Waals surface area contributed by atoms with E-state index in [0.29, 0.717) is 22.6 Å². The molecule has 2 aliphatic heterocycles. The summed E-state index contributed by atoms with van der Waals surface area (Å²) in [4.78, 5) is 45.0. The van der Waals surface area contributed by atoms with Crippen molar-refractivity contribution >= 4 is 66.6 Å². The summed E-state index contributed by atoms with van der Waals surface area (Å²) < 4.78 is 75.2. The zero-order chi connectivity index (χ0) is 59.3. The highest BCUT2D eigenvalue weighted by Gasteiger charge is 2.48. The number of carbonyl (C=O) groups is 3. The number of aliphatic imine (C=N–C) groups is 1. The highest BCUT2D eigenvalue weighted by Crippen LogP contribution is 2.58. The number of hydrogen-bond acceptors (Lipinski definition) is 9. The lowest BCUT2D eigenvalue weighted by atomic mass is 9.77. The van der Waals surface area contributed by atoms with Crippen molar-refractivity contribution < 1.29 is 50.2 Å². The Balaban J connectivity index is 0.954. The van der Waals surface area contributed by atoms with Crippen LogP contribution >= 0.6 is 0 Å². The van der Waals surface area contributed by atoms with Crippen molar-refractivity contribution in [2.75, 3.05) is 10.2 Å². The minimum atomic E-state index is -4.49. The molecule has 0 spiro atoms. The smallest absolute Gasteiger partial charge is 0.419 e. The Kier molecular flexibility index (Phi) is 14.0. The summed E-state index contributed by atoms with van der Waals surface area (Å²) in [6.07, 6.45) is 10.5. The van der Waals surface area contributed by atoms with Crippen molar-refractivity contribution in [2.45, 2.75) is 132 Å². The van der Waals surface area contributed by atoms with Gasteiger partial charge < -0.3 is 15.2 Å². The number of carboxylic acid groups (broad SMARTS) is 1. The van der Waals surface area contributed by atoms with E-state index in [4.69, 9.17) is 14.8 Å². The summed E-state index contributed by atoms with van der Waals surface area (Å²) in [5.74, 6) is -1.27. The molecule has 4 N–H and O–H groups in total. The number of rotatable bonds is 13. The van der Waals surface area contributed by atoms with Crippen molar-refractivity contribution in [1.82, 2.24) is 0 Å². The average Bonchev–Trinajstić information content (AvgIpc) is 1.70. The molecular formula is C67H65N3O11S2. The first kappa shape index (κ1) is 56.8. The van der Waals surface area contributed by atoms with E-state index in [0.717, 1.165) is 109 Å². The molecule has 0 unspecified atom stereocenters. The normalized spacial score (nSPS) is 18.6. The van der Waals surface area contributed by atoms with E-state index in [1.165, 1.54) is 18.2 Å². The lowest BCUT2D eigenvalue weighted by Gasteiger charge is -2.26. The van der Waals surface area contributed by atoms with Crippen LogP contribution in [0.4, 0.5) is 21.9 Å². The predicted molar refractivity (Wildman–Crippen MR) is 323 cm³/mol. The largest absolute Gasteiger partial charge is 0.481 e. The standard InChI is InChI=1S/C67H65N3O11S2/c1-64(2)50-32-44(82(75,76)77)26-28-46(50)48-34-54-56(36-52(48)64)69-58(66(54,5)6)30-22-41-16-12-17-42(62(41)40-14-10-9-11-15-40)23-31-59-67(7,8)55-35-49-47-29-27-45(83(78,79)80)33-51(47)65(3,4)53(49)37-57(55)70(59)63(74)81-38-39-20-24-43(25-21-39)68-60(71)18-13-19-61(72)73/h9-11,14-15,20-37H,12-13,16-19,38H2,1-8H3,(H,68,71)(H,72,73)(H,75,76,77)(H,78,79,80)/b30-22+,42-23+,59-31+. The van der Waals surface area contributed by atoms with Gasteiger partial charge in [-0.05, 0) is 182 Å². The highest BCUT2D eigenvalue weighted by atomic mass is 32.2. The molecule has 426 valence electrons. The summed E-state index contributed by atoms with van der Waals surface area (Å²) in [6, 6.07) is 35.1. The number of nitrogens with zero attached hydrogens (tertiary/aromatic N) is 2. The summed E-state index contributed by atoms with van der Waals surface area (Å²) in [6.45, 7) is 16.5. The van der Waals surface area contributed by atoms with Gasteiger partial charge in [0, 0.05) is 45.9 Å². The summed E-state index contributed by atoms with van der Waals surface area (Å²) in [5.41, 5.74) is 15.1. The number of hydrogen-bond donors (Lipinski definition) is 4. The number of allylic oxidation sites excluding steroid dienone is 8. The van der Waals surface area contributed by atoms with Gasteiger partial charge in [-0.3, -0.25) is 23.7 Å². The maximum absolute atomic E-state index is 15.0. The summed E-state index contributed by atoms with van der Waals surface area (Å²) in [5, 5.41) is 11.8. The molecule has 0 atom stereocenters. The van der Waals surface area contributed by atoms with E-state index >= 15 is 0 Å². The second kappa shape index (κ2) is 20.4. The van der Waals surface area contributed by atoms with Crippen LogP contribution < -0.4 is 10.2 Å². The molecule has 83 heavy (non-hydrogen) atoms. The van der Waals surface area contributed by atoms with E-state index in [2.05, 4.69) is 95.4 Å². The number of carbonyl (C=O) groups excluding carboxylic acids is 2. The fourth-order valence-electron chi connectivity index (χ4n) is 12.9. The maximum atomic E-state index is 15.0. The van der Waals surface area contributed by atoms with Gasteiger partial charge in [-0.2, -0.15) is 16.8 Å². The van der Waals surface area contributed by atoms with E-state index in [9.17, 15) is 40.3 Å². The highest BCUT2D eigenvalue weighted by molar-refractivity contribution is 7.86. The Hall–Kier alpha value is -8.02. The summed E-state index contributed by atoms with van der Waals surface area (Å²) >= 11 is 0. The van der Waals surface area contributed by atoms with Crippen molar-refractivity contribution in [3.8, 4) is 22.3 Å². The maximum Gasteiger partial charge on any atom is 0.419 e. The molecule has 2 amide bonds. The van der Waals surface area contributed by atoms with E-state index < -0.39 is 54.0 Å². The number of amides is 2.